The van der Waals surface area contributed by atoms with E-state index in [-0.39, 0.29) is 6.10 Å². The highest BCUT2D eigenvalue weighted by Gasteiger charge is 2.20. The molecule has 1 saturated heterocycles. The van der Waals surface area contributed by atoms with E-state index in [4.69, 9.17) is 9.47 Å². The molecule has 0 saturated carbocycles. The zero-order valence-electron chi connectivity index (χ0n) is 11.7. The van der Waals surface area contributed by atoms with E-state index >= 15 is 0 Å². The lowest BCUT2D eigenvalue weighted by atomic mass is 10.0. The van der Waals surface area contributed by atoms with Crippen LogP contribution in [0.3, 0.4) is 0 Å². The minimum atomic E-state index is -0.542. The van der Waals surface area contributed by atoms with Gasteiger partial charge in [-0.1, -0.05) is 36.4 Å². The predicted molar refractivity (Wildman–Crippen MR) is 79.1 cm³/mol. The molecule has 1 heterocycles. The zero-order valence-corrected chi connectivity index (χ0v) is 11.7. The van der Waals surface area contributed by atoms with Crippen molar-refractivity contribution in [1.29, 1.82) is 0 Å². The molecule has 0 radical (unpaired) electrons. The summed E-state index contributed by atoms with van der Waals surface area (Å²) < 4.78 is 11.7. The smallest absolute Gasteiger partial charge is 0.133 e. The number of hydrogen-bond acceptors (Lipinski definition) is 3. The molecule has 0 bridgehead atoms. The van der Waals surface area contributed by atoms with Crippen LogP contribution in [0.2, 0.25) is 0 Å². The van der Waals surface area contributed by atoms with Crippen LogP contribution < -0.4 is 4.74 Å². The van der Waals surface area contributed by atoms with Gasteiger partial charge in [-0.3, -0.25) is 0 Å². The van der Waals surface area contributed by atoms with Crippen molar-refractivity contribution in [3.05, 3.63) is 42.0 Å². The van der Waals surface area contributed by atoms with Crippen LogP contribution in [0, 0.1) is 0 Å². The summed E-state index contributed by atoms with van der Waals surface area (Å²) in [4.78, 5) is 0. The minimum Gasteiger partial charge on any atom is -0.487 e. The highest BCUT2D eigenvalue weighted by molar-refractivity contribution is 5.89. The molecule has 2 atom stereocenters. The highest BCUT2D eigenvalue weighted by Crippen LogP contribution is 2.35. The summed E-state index contributed by atoms with van der Waals surface area (Å²) in [5.41, 5.74) is 0.842. The third-order valence-corrected chi connectivity index (χ3v) is 3.76. The number of rotatable bonds is 3. The minimum absolute atomic E-state index is 0.0760. The van der Waals surface area contributed by atoms with E-state index in [1.54, 1.807) is 6.92 Å². The van der Waals surface area contributed by atoms with Gasteiger partial charge >= 0.3 is 0 Å². The molecule has 2 aromatic rings. The molecule has 0 amide bonds. The average molecular weight is 272 g/mol. The molecule has 20 heavy (non-hydrogen) atoms. The van der Waals surface area contributed by atoms with Crippen molar-refractivity contribution in [2.75, 3.05) is 13.2 Å². The third-order valence-electron chi connectivity index (χ3n) is 3.76. The van der Waals surface area contributed by atoms with Crippen molar-refractivity contribution >= 4 is 10.8 Å². The summed E-state index contributed by atoms with van der Waals surface area (Å²) in [6, 6.07) is 12.1. The maximum Gasteiger partial charge on any atom is 0.133 e. The predicted octanol–water partition coefficient (Wildman–Crippen LogP) is 3.45. The molecule has 2 unspecified atom stereocenters. The Bertz CT molecular complexity index is 586. The first kappa shape index (κ1) is 13.4. The van der Waals surface area contributed by atoms with Crippen LogP contribution in [-0.2, 0) is 4.74 Å². The largest absolute Gasteiger partial charge is 0.487 e. The van der Waals surface area contributed by atoms with E-state index in [0.29, 0.717) is 6.61 Å². The van der Waals surface area contributed by atoms with Crippen LogP contribution in [0.1, 0.15) is 31.4 Å². The van der Waals surface area contributed by atoms with Crippen LogP contribution in [-0.4, -0.2) is 24.4 Å². The third kappa shape index (κ3) is 2.65. The van der Waals surface area contributed by atoms with Gasteiger partial charge in [-0.15, -0.1) is 0 Å². The van der Waals surface area contributed by atoms with Gasteiger partial charge in [0.1, 0.15) is 11.9 Å². The number of hydrogen-bond donors (Lipinski definition) is 1. The number of benzene rings is 2. The SMILES string of the molecule is CC(O)c1ccc2ccccc2c1OC1CCCOC1. The van der Waals surface area contributed by atoms with E-state index in [2.05, 4.69) is 6.07 Å². The van der Waals surface area contributed by atoms with Gasteiger partial charge in [-0.2, -0.15) is 0 Å². The number of fused-ring (bicyclic) bond motifs is 1. The molecular weight excluding hydrogens is 252 g/mol. The van der Waals surface area contributed by atoms with Gasteiger partial charge in [0.2, 0.25) is 0 Å². The fraction of sp³-hybridized carbons (Fsp3) is 0.412. The number of aliphatic hydroxyl groups excluding tert-OH is 1. The Morgan fingerprint density at radius 1 is 1.25 bits per heavy atom. The molecule has 0 aromatic heterocycles. The second-order valence-electron chi connectivity index (χ2n) is 5.34. The van der Waals surface area contributed by atoms with Crippen molar-refractivity contribution in [2.45, 2.75) is 32.0 Å². The van der Waals surface area contributed by atoms with Crippen LogP contribution in [0.25, 0.3) is 10.8 Å². The Morgan fingerprint density at radius 3 is 2.85 bits per heavy atom. The Kier molecular flexibility index (Phi) is 3.90. The normalized spacial score (nSPS) is 20.8. The Morgan fingerprint density at radius 2 is 2.10 bits per heavy atom. The maximum absolute atomic E-state index is 9.98. The molecule has 1 aliphatic heterocycles. The monoisotopic (exact) mass is 272 g/mol. The van der Waals surface area contributed by atoms with Gasteiger partial charge in [0.25, 0.3) is 0 Å². The molecule has 1 N–H and O–H groups in total. The first-order valence-electron chi connectivity index (χ1n) is 7.20. The second-order valence-corrected chi connectivity index (χ2v) is 5.34. The first-order valence-corrected chi connectivity index (χ1v) is 7.20. The Hall–Kier alpha value is -1.58. The molecule has 1 aliphatic rings. The number of aliphatic hydroxyl groups is 1. The number of ether oxygens (including phenoxy) is 2. The van der Waals surface area contributed by atoms with Crippen molar-refractivity contribution in [2.24, 2.45) is 0 Å². The maximum atomic E-state index is 9.98. The fourth-order valence-corrected chi connectivity index (χ4v) is 2.69. The van der Waals surface area contributed by atoms with Crippen LogP contribution in [0.5, 0.6) is 5.75 Å². The first-order chi connectivity index (χ1) is 9.75. The summed E-state index contributed by atoms with van der Waals surface area (Å²) in [5.74, 6) is 0.800. The van der Waals surface area contributed by atoms with E-state index in [1.165, 1.54) is 0 Å². The standard InChI is InChI=1S/C17H20O3/c1-12(18)15-9-8-13-5-2-3-7-16(13)17(15)20-14-6-4-10-19-11-14/h2-3,5,7-9,12,14,18H,4,6,10-11H2,1H3. The fourth-order valence-electron chi connectivity index (χ4n) is 2.69. The molecule has 0 spiro atoms. The molecule has 2 aromatic carbocycles. The summed E-state index contributed by atoms with van der Waals surface area (Å²) in [6.07, 6.45) is 1.56. The van der Waals surface area contributed by atoms with Crippen LogP contribution in [0.15, 0.2) is 36.4 Å². The average Bonchev–Trinajstić information content (AvgIpc) is 2.48. The lowest BCUT2D eigenvalue weighted by molar-refractivity contribution is 0.00683. The Labute approximate surface area is 119 Å². The van der Waals surface area contributed by atoms with Crippen molar-refractivity contribution in [3.8, 4) is 5.75 Å². The zero-order chi connectivity index (χ0) is 13.9. The molecule has 3 nitrogen and oxygen atoms in total. The molecule has 106 valence electrons. The quantitative estimate of drug-likeness (QED) is 0.930. The Balaban J connectivity index is 2.02. The molecule has 1 fully saturated rings. The molecule has 0 aliphatic carbocycles. The van der Waals surface area contributed by atoms with E-state index in [1.807, 2.05) is 30.3 Å². The van der Waals surface area contributed by atoms with E-state index in [9.17, 15) is 5.11 Å². The molecule has 3 rings (SSSR count). The van der Waals surface area contributed by atoms with Crippen molar-refractivity contribution in [1.82, 2.24) is 0 Å². The lowest BCUT2D eigenvalue weighted by Gasteiger charge is -2.26. The van der Waals surface area contributed by atoms with Gasteiger partial charge in [-0.25, -0.2) is 0 Å². The topological polar surface area (TPSA) is 38.7 Å². The highest BCUT2D eigenvalue weighted by atomic mass is 16.5. The van der Waals surface area contributed by atoms with E-state index in [0.717, 1.165) is 41.5 Å². The summed E-state index contributed by atoms with van der Waals surface area (Å²) >= 11 is 0. The summed E-state index contributed by atoms with van der Waals surface area (Å²) in [5, 5.41) is 12.2. The van der Waals surface area contributed by atoms with Crippen molar-refractivity contribution in [3.63, 3.8) is 0 Å². The van der Waals surface area contributed by atoms with Crippen LogP contribution in [0.4, 0.5) is 0 Å². The summed E-state index contributed by atoms with van der Waals surface area (Å²) in [6.45, 7) is 3.22. The molecule has 3 heteroatoms. The summed E-state index contributed by atoms with van der Waals surface area (Å²) in [7, 11) is 0. The van der Waals surface area contributed by atoms with E-state index < -0.39 is 6.10 Å². The molecular formula is C17H20O3. The van der Waals surface area contributed by atoms with Gasteiger partial charge in [0.05, 0.1) is 12.7 Å². The lowest BCUT2D eigenvalue weighted by Crippen LogP contribution is -2.28. The van der Waals surface area contributed by atoms with Gasteiger partial charge in [-0.05, 0) is 25.2 Å². The van der Waals surface area contributed by atoms with Gasteiger partial charge in [0, 0.05) is 17.6 Å². The van der Waals surface area contributed by atoms with Gasteiger partial charge < -0.3 is 14.6 Å². The van der Waals surface area contributed by atoms with Crippen LogP contribution >= 0.6 is 0 Å². The van der Waals surface area contributed by atoms with Crippen molar-refractivity contribution < 1.29 is 14.6 Å². The second kappa shape index (κ2) is 5.81. The van der Waals surface area contributed by atoms with Gasteiger partial charge in [0.15, 0.2) is 0 Å².